The summed E-state index contributed by atoms with van der Waals surface area (Å²) in [6.45, 7) is 0.682. The molecule has 1 heterocycles. The van der Waals surface area contributed by atoms with E-state index in [4.69, 9.17) is 11.6 Å². The smallest absolute Gasteiger partial charge is 0.261 e. The molecule has 6 heteroatoms. The molecule has 0 aliphatic heterocycles. The maximum Gasteiger partial charge on any atom is 0.261 e. The molecule has 1 aliphatic carbocycles. The van der Waals surface area contributed by atoms with E-state index in [1.54, 1.807) is 18.2 Å². The number of hydrogen-bond donors (Lipinski definition) is 1. The molecule has 5 nitrogen and oxygen atoms in total. The second-order valence-electron chi connectivity index (χ2n) is 6.15. The zero-order valence-electron chi connectivity index (χ0n) is 12.9. The van der Waals surface area contributed by atoms with E-state index in [9.17, 15) is 9.59 Å². The SMILES string of the molecule is O=C(Cn1cnc2ccc(Cl)cc2c1=O)NCC1CCCCC1. The average Bonchev–Trinajstić information content (AvgIpc) is 2.57. The normalized spacial score (nSPS) is 15.7. The Kier molecular flexibility index (Phi) is 4.96. The van der Waals surface area contributed by atoms with Crippen molar-refractivity contribution in [2.24, 2.45) is 5.92 Å². The highest BCUT2D eigenvalue weighted by Gasteiger charge is 2.15. The van der Waals surface area contributed by atoms with Crippen molar-refractivity contribution in [1.29, 1.82) is 0 Å². The predicted molar refractivity (Wildman–Crippen MR) is 90.6 cm³/mol. The molecule has 1 aliphatic rings. The topological polar surface area (TPSA) is 64.0 Å². The lowest BCUT2D eigenvalue weighted by Crippen LogP contribution is -2.35. The minimum atomic E-state index is -0.245. The van der Waals surface area contributed by atoms with E-state index in [0.29, 0.717) is 28.4 Å². The van der Waals surface area contributed by atoms with Gasteiger partial charge in [0.2, 0.25) is 5.91 Å². The lowest BCUT2D eigenvalue weighted by Gasteiger charge is -2.21. The molecular weight excluding hydrogens is 314 g/mol. The molecule has 0 radical (unpaired) electrons. The number of carbonyl (C=O) groups excluding carboxylic acids is 1. The number of nitrogens with one attached hydrogen (secondary N) is 1. The molecular formula is C17H20ClN3O2. The molecule has 0 atom stereocenters. The van der Waals surface area contributed by atoms with E-state index >= 15 is 0 Å². The Bertz CT molecular complexity index is 766. The number of aromatic nitrogens is 2. The van der Waals surface area contributed by atoms with E-state index in [-0.39, 0.29) is 18.0 Å². The van der Waals surface area contributed by atoms with Crippen LogP contribution in [0, 0.1) is 5.92 Å². The second kappa shape index (κ2) is 7.13. The Morgan fingerprint density at radius 1 is 1.30 bits per heavy atom. The zero-order chi connectivity index (χ0) is 16.2. The molecule has 1 fully saturated rings. The van der Waals surface area contributed by atoms with Gasteiger partial charge in [0.15, 0.2) is 0 Å². The molecule has 122 valence electrons. The third-order valence-electron chi connectivity index (χ3n) is 4.41. The number of rotatable bonds is 4. The van der Waals surface area contributed by atoms with Gasteiger partial charge in [-0.15, -0.1) is 0 Å². The Morgan fingerprint density at radius 3 is 2.87 bits per heavy atom. The van der Waals surface area contributed by atoms with E-state index in [1.807, 2.05) is 0 Å². The first kappa shape index (κ1) is 16.0. The largest absolute Gasteiger partial charge is 0.354 e. The van der Waals surface area contributed by atoms with Gasteiger partial charge < -0.3 is 5.32 Å². The number of fused-ring (bicyclic) bond motifs is 1. The summed E-state index contributed by atoms with van der Waals surface area (Å²) in [6, 6.07) is 4.98. The van der Waals surface area contributed by atoms with Crippen molar-refractivity contribution in [3.63, 3.8) is 0 Å². The van der Waals surface area contributed by atoms with Gasteiger partial charge >= 0.3 is 0 Å². The highest BCUT2D eigenvalue weighted by atomic mass is 35.5. The molecule has 0 bridgehead atoms. The van der Waals surface area contributed by atoms with Gasteiger partial charge in [0.1, 0.15) is 6.54 Å². The molecule has 1 aromatic heterocycles. The molecule has 1 amide bonds. The van der Waals surface area contributed by atoms with Gasteiger partial charge in [0, 0.05) is 11.6 Å². The summed E-state index contributed by atoms with van der Waals surface area (Å²) in [7, 11) is 0. The summed E-state index contributed by atoms with van der Waals surface area (Å²) in [5.41, 5.74) is 0.337. The molecule has 1 N–H and O–H groups in total. The van der Waals surface area contributed by atoms with Crippen LogP contribution in [0.3, 0.4) is 0 Å². The lowest BCUT2D eigenvalue weighted by molar-refractivity contribution is -0.121. The molecule has 1 saturated carbocycles. The number of nitrogens with zero attached hydrogens (tertiary/aromatic N) is 2. The van der Waals surface area contributed by atoms with Gasteiger partial charge in [-0.2, -0.15) is 0 Å². The summed E-state index contributed by atoms with van der Waals surface area (Å²) in [5, 5.41) is 3.85. The summed E-state index contributed by atoms with van der Waals surface area (Å²) >= 11 is 5.93. The summed E-state index contributed by atoms with van der Waals surface area (Å²) < 4.78 is 1.33. The fourth-order valence-electron chi connectivity index (χ4n) is 3.10. The second-order valence-corrected chi connectivity index (χ2v) is 6.58. The minimum absolute atomic E-state index is 0.0129. The maximum atomic E-state index is 12.4. The third-order valence-corrected chi connectivity index (χ3v) is 4.65. The number of carbonyl (C=O) groups is 1. The fourth-order valence-corrected chi connectivity index (χ4v) is 3.28. The van der Waals surface area contributed by atoms with Crippen molar-refractivity contribution in [2.75, 3.05) is 6.54 Å². The first-order valence-electron chi connectivity index (χ1n) is 8.05. The van der Waals surface area contributed by atoms with Crippen LogP contribution in [0.5, 0.6) is 0 Å². The van der Waals surface area contributed by atoms with Crippen molar-refractivity contribution < 1.29 is 4.79 Å². The van der Waals surface area contributed by atoms with Crippen molar-refractivity contribution in [3.8, 4) is 0 Å². The molecule has 23 heavy (non-hydrogen) atoms. The monoisotopic (exact) mass is 333 g/mol. The van der Waals surface area contributed by atoms with Crippen LogP contribution in [0.4, 0.5) is 0 Å². The van der Waals surface area contributed by atoms with Crippen LogP contribution in [0.15, 0.2) is 29.3 Å². The Hall–Kier alpha value is -1.88. The first-order chi connectivity index (χ1) is 11.1. The van der Waals surface area contributed by atoms with Crippen molar-refractivity contribution >= 4 is 28.4 Å². The number of hydrogen-bond acceptors (Lipinski definition) is 3. The number of amides is 1. The van der Waals surface area contributed by atoms with Crippen LogP contribution in [0.1, 0.15) is 32.1 Å². The Balaban J connectivity index is 1.67. The summed E-state index contributed by atoms with van der Waals surface area (Å²) in [6.07, 6.45) is 7.56. The van der Waals surface area contributed by atoms with E-state index in [2.05, 4.69) is 10.3 Å². The van der Waals surface area contributed by atoms with Gasteiger partial charge in [0.25, 0.3) is 5.56 Å². The Labute approximate surface area is 139 Å². The molecule has 0 unspecified atom stereocenters. The fraction of sp³-hybridized carbons (Fsp3) is 0.471. The molecule has 3 rings (SSSR count). The van der Waals surface area contributed by atoms with Gasteiger partial charge in [0.05, 0.1) is 17.2 Å². The standard InChI is InChI=1S/C17H20ClN3O2/c18-13-6-7-15-14(8-13)17(23)21(11-20-15)10-16(22)19-9-12-4-2-1-3-5-12/h6-8,11-12H,1-5,9-10H2,(H,19,22). The molecule has 0 spiro atoms. The first-order valence-corrected chi connectivity index (χ1v) is 8.42. The highest BCUT2D eigenvalue weighted by Crippen LogP contribution is 2.22. The zero-order valence-corrected chi connectivity index (χ0v) is 13.7. The van der Waals surface area contributed by atoms with E-state index in [1.165, 1.54) is 43.0 Å². The molecule has 0 saturated heterocycles. The van der Waals surface area contributed by atoms with E-state index < -0.39 is 0 Å². The Morgan fingerprint density at radius 2 is 2.09 bits per heavy atom. The summed E-state index contributed by atoms with van der Waals surface area (Å²) in [4.78, 5) is 28.7. The predicted octanol–water partition coefficient (Wildman–Crippen LogP) is 2.75. The lowest BCUT2D eigenvalue weighted by atomic mass is 9.89. The average molecular weight is 334 g/mol. The van der Waals surface area contributed by atoms with Crippen molar-refractivity contribution in [3.05, 3.63) is 39.9 Å². The van der Waals surface area contributed by atoms with Crippen LogP contribution in [0.25, 0.3) is 10.9 Å². The van der Waals surface area contributed by atoms with E-state index in [0.717, 1.165) is 0 Å². The summed E-state index contributed by atoms with van der Waals surface area (Å²) in [5.74, 6) is 0.416. The van der Waals surface area contributed by atoms with Crippen molar-refractivity contribution in [2.45, 2.75) is 38.6 Å². The van der Waals surface area contributed by atoms with Gasteiger partial charge in [-0.3, -0.25) is 14.2 Å². The number of halogens is 1. The van der Waals surface area contributed by atoms with Crippen LogP contribution < -0.4 is 10.9 Å². The van der Waals surface area contributed by atoms with Gasteiger partial charge in [-0.25, -0.2) is 4.98 Å². The van der Waals surface area contributed by atoms with Crippen LogP contribution in [0.2, 0.25) is 5.02 Å². The maximum absolute atomic E-state index is 12.4. The quantitative estimate of drug-likeness (QED) is 0.935. The van der Waals surface area contributed by atoms with Crippen molar-refractivity contribution in [1.82, 2.24) is 14.9 Å². The number of benzene rings is 1. The van der Waals surface area contributed by atoms with Gasteiger partial charge in [-0.1, -0.05) is 30.9 Å². The van der Waals surface area contributed by atoms with Crippen LogP contribution in [-0.2, 0) is 11.3 Å². The minimum Gasteiger partial charge on any atom is -0.354 e. The molecule has 2 aromatic rings. The molecule has 1 aromatic carbocycles. The van der Waals surface area contributed by atoms with Crippen LogP contribution in [-0.4, -0.2) is 22.0 Å². The highest BCUT2D eigenvalue weighted by molar-refractivity contribution is 6.31. The van der Waals surface area contributed by atoms with Crippen LogP contribution >= 0.6 is 11.6 Å². The van der Waals surface area contributed by atoms with Gasteiger partial charge in [-0.05, 0) is 37.0 Å². The third kappa shape index (κ3) is 3.91.